The molecule has 2 nitrogen and oxygen atoms in total. The molecule has 1 rings (SSSR count). The molecule has 82 valence electrons. The Bertz CT molecular complexity index is 358. The van der Waals surface area contributed by atoms with Gasteiger partial charge in [-0.2, -0.15) is 0 Å². The topological polar surface area (TPSA) is 26.3 Å². The molecular formula is C11H16O2SSi. The Labute approximate surface area is 96.2 Å². The van der Waals surface area contributed by atoms with E-state index in [-0.39, 0.29) is 5.97 Å². The van der Waals surface area contributed by atoms with Gasteiger partial charge in [0.2, 0.25) is 8.32 Å². The van der Waals surface area contributed by atoms with Crippen LogP contribution in [0.4, 0.5) is 0 Å². The van der Waals surface area contributed by atoms with Gasteiger partial charge >= 0.3 is 5.97 Å². The smallest absolute Gasteiger partial charge is 0.325 e. The average Bonchev–Trinajstić information content (AvgIpc) is 2.15. The van der Waals surface area contributed by atoms with E-state index in [1.54, 1.807) is 11.8 Å². The van der Waals surface area contributed by atoms with Gasteiger partial charge in [0, 0.05) is 4.90 Å². The van der Waals surface area contributed by atoms with Gasteiger partial charge in [-0.3, -0.25) is 0 Å². The second kappa shape index (κ2) is 4.85. The van der Waals surface area contributed by atoms with Crippen molar-refractivity contribution < 1.29 is 9.22 Å². The number of carbonyl (C=O) groups excluding carboxylic acids is 1. The summed E-state index contributed by atoms with van der Waals surface area (Å²) in [7, 11) is -1.80. The van der Waals surface area contributed by atoms with E-state index in [1.165, 1.54) is 0 Å². The van der Waals surface area contributed by atoms with Gasteiger partial charge in [-0.1, -0.05) is 12.1 Å². The van der Waals surface area contributed by atoms with Gasteiger partial charge in [0.25, 0.3) is 0 Å². The zero-order valence-corrected chi connectivity index (χ0v) is 11.4. The summed E-state index contributed by atoms with van der Waals surface area (Å²) >= 11 is 1.56. The van der Waals surface area contributed by atoms with E-state index in [0.717, 1.165) is 4.90 Å². The van der Waals surface area contributed by atoms with Gasteiger partial charge in [-0.25, -0.2) is 4.79 Å². The Balaban J connectivity index is 2.91. The molecule has 0 aliphatic heterocycles. The van der Waals surface area contributed by atoms with Crippen molar-refractivity contribution in [3.8, 4) is 0 Å². The van der Waals surface area contributed by atoms with Crippen LogP contribution in [0.1, 0.15) is 10.4 Å². The van der Waals surface area contributed by atoms with Crippen LogP contribution in [0.5, 0.6) is 0 Å². The van der Waals surface area contributed by atoms with Crippen LogP contribution in [-0.2, 0) is 4.43 Å². The van der Waals surface area contributed by atoms with Crippen LogP contribution in [0.2, 0.25) is 19.6 Å². The lowest BCUT2D eigenvalue weighted by atomic mass is 10.2. The van der Waals surface area contributed by atoms with Crippen molar-refractivity contribution in [3.63, 3.8) is 0 Å². The number of rotatable bonds is 3. The van der Waals surface area contributed by atoms with E-state index in [2.05, 4.69) is 0 Å². The first-order chi connectivity index (χ1) is 6.94. The summed E-state index contributed by atoms with van der Waals surface area (Å²) in [6, 6.07) is 7.54. The molecule has 0 aliphatic rings. The minimum Gasteiger partial charge on any atom is -0.516 e. The second-order valence-corrected chi connectivity index (χ2v) is 9.48. The molecule has 0 heterocycles. The molecule has 0 unspecified atom stereocenters. The normalized spacial score (nSPS) is 11.2. The minimum absolute atomic E-state index is 0.195. The summed E-state index contributed by atoms with van der Waals surface area (Å²) in [5.41, 5.74) is 0.674. The third-order valence-corrected chi connectivity index (χ3v) is 3.32. The second-order valence-electron chi connectivity index (χ2n) is 4.20. The molecule has 0 atom stereocenters. The first-order valence-corrected chi connectivity index (χ1v) is 9.44. The summed E-state index contributed by atoms with van der Waals surface area (Å²) in [6.07, 6.45) is 1.96. The fraction of sp³-hybridized carbons (Fsp3) is 0.364. The molecule has 0 bridgehead atoms. The van der Waals surface area contributed by atoms with Crippen molar-refractivity contribution in [1.82, 2.24) is 0 Å². The lowest BCUT2D eigenvalue weighted by molar-refractivity contribution is 0.0721. The number of carbonyl (C=O) groups is 1. The largest absolute Gasteiger partial charge is 0.516 e. The zero-order chi connectivity index (χ0) is 11.5. The highest BCUT2D eigenvalue weighted by Gasteiger charge is 2.22. The standard InChI is InChI=1S/C11H16O2SSi/c1-14-10-8-6-5-7-9(10)11(12)13-15(2,3)4/h5-8H,1-4H3. The molecule has 0 N–H and O–H groups in total. The molecule has 1 aromatic carbocycles. The van der Waals surface area contributed by atoms with Crippen molar-refractivity contribution in [2.75, 3.05) is 6.26 Å². The van der Waals surface area contributed by atoms with Gasteiger partial charge in [-0.15, -0.1) is 11.8 Å². The third-order valence-electron chi connectivity index (χ3n) is 1.73. The van der Waals surface area contributed by atoms with Crippen LogP contribution in [-0.4, -0.2) is 20.5 Å². The lowest BCUT2D eigenvalue weighted by Gasteiger charge is -2.18. The van der Waals surface area contributed by atoms with E-state index in [9.17, 15) is 4.79 Å². The van der Waals surface area contributed by atoms with Crippen molar-refractivity contribution in [1.29, 1.82) is 0 Å². The highest BCUT2D eigenvalue weighted by Crippen LogP contribution is 2.21. The van der Waals surface area contributed by atoms with Crippen LogP contribution < -0.4 is 0 Å². The van der Waals surface area contributed by atoms with E-state index in [4.69, 9.17) is 4.43 Å². The van der Waals surface area contributed by atoms with Crippen molar-refractivity contribution >= 4 is 26.0 Å². The molecule has 0 fully saturated rings. The van der Waals surface area contributed by atoms with Gasteiger partial charge in [0.05, 0.1) is 5.56 Å². The molecular weight excluding hydrogens is 224 g/mol. The first-order valence-electron chi connectivity index (χ1n) is 4.80. The van der Waals surface area contributed by atoms with Gasteiger partial charge in [-0.05, 0) is 38.0 Å². The number of hydrogen-bond acceptors (Lipinski definition) is 3. The monoisotopic (exact) mass is 240 g/mol. The molecule has 0 saturated heterocycles. The summed E-state index contributed by atoms with van der Waals surface area (Å²) in [6.45, 7) is 6.02. The van der Waals surface area contributed by atoms with E-state index in [0.29, 0.717) is 5.56 Å². The van der Waals surface area contributed by atoms with Crippen LogP contribution in [0.25, 0.3) is 0 Å². The van der Waals surface area contributed by atoms with Gasteiger partial charge < -0.3 is 4.43 Å². The molecule has 1 aromatic rings. The average molecular weight is 240 g/mol. The Morgan fingerprint density at radius 1 is 1.27 bits per heavy atom. The molecule has 4 heteroatoms. The van der Waals surface area contributed by atoms with Crippen molar-refractivity contribution in [2.24, 2.45) is 0 Å². The van der Waals surface area contributed by atoms with Gasteiger partial charge in [0.1, 0.15) is 0 Å². The van der Waals surface area contributed by atoms with E-state index < -0.39 is 8.32 Å². The molecule has 0 aromatic heterocycles. The fourth-order valence-corrected chi connectivity index (χ4v) is 2.40. The van der Waals surface area contributed by atoms with Crippen LogP contribution in [0.3, 0.4) is 0 Å². The SMILES string of the molecule is CSc1ccccc1C(=O)O[Si](C)(C)C. The van der Waals surface area contributed by atoms with Crippen LogP contribution in [0.15, 0.2) is 29.2 Å². The summed E-state index contributed by atoms with van der Waals surface area (Å²) in [5, 5.41) is 0. The molecule has 0 amide bonds. The van der Waals surface area contributed by atoms with E-state index in [1.807, 2.05) is 50.2 Å². The third kappa shape index (κ3) is 3.72. The maximum Gasteiger partial charge on any atom is 0.325 e. The zero-order valence-electron chi connectivity index (χ0n) is 9.53. The Morgan fingerprint density at radius 2 is 1.87 bits per heavy atom. The lowest BCUT2D eigenvalue weighted by Crippen LogP contribution is -2.29. The minimum atomic E-state index is -1.80. The molecule has 0 spiro atoms. The Morgan fingerprint density at radius 3 is 2.40 bits per heavy atom. The summed E-state index contributed by atoms with van der Waals surface area (Å²) in [5.74, 6) is -0.195. The van der Waals surface area contributed by atoms with Crippen LogP contribution >= 0.6 is 11.8 Å². The molecule has 0 aliphatic carbocycles. The van der Waals surface area contributed by atoms with Crippen molar-refractivity contribution in [3.05, 3.63) is 29.8 Å². The Hall–Kier alpha value is -0.743. The Kier molecular flexibility index (Phi) is 3.99. The summed E-state index contributed by atoms with van der Waals surface area (Å²) < 4.78 is 5.45. The highest BCUT2D eigenvalue weighted by atomic mass is 32.2. The fourth-order valence-electron chi connectivity index (χ4n) is 1.15. The maximum absolute atomic E-state index is 11.8. The predicted octanol–water partition coefficient (Wildman–Crippen LogP) is 3.40. The van der Waals surface area contributed by atoms with Crippen LogP contribution in [0, 0.1) is 0 Å². The van der Waals surface area contributed by atoms with Crippen molar-refractivity contribution in [2.45, 2.75) is 24.5 Å². The van der Waals surface area contributed by atoms with Gasteiger partial charge in [0.15, 0.2) is 0 Å². The quantitative estimate of drug-likeness (QED) is 0.598. The predicted molar refractivity (Wildman–Crippen MR) is 67.0 cm³/mol. The summed E-state index contributed by atoms with van der Waals surface area (Å²) in [4.78, 5) is 12.8. The molecule has 0 radical (unpaired) electrons. The number of hydrogen-bond donors (Lipinski definition) is 0. The first kappa shape index (κ1) is 12.3. The van der Waals surface area contributed by atoms with E-state index >= 15 is 0 Å². The maximum atomic E-state index is 11.8. The number of benzene rings is 1. The highest BCUT2D eigenvalue weighted by molar-refractivity contribution is 7.98. The number of thioether (sulfide) groups is 1. The molecule has 15 heavy (non-hydrogen) atoms. The molecule has 0 saturated carbocycles.